The van der Waals surface area contributed by atoms with Crippen LogP contribution in [-0.4, -0.2) is 36.9 Å². The summed E-state index contributed by atoms with van der Waals surface area (Å²) in [6.45, 7) is 0.0645. The predicted octanol–water partition coefficient (Wildman–Crippen LogP) is 4.16. The molecule has 0 aromatic heterocycles. The van der Waals surface area contributed by atoms with Gasteiger partial charge in [-0.2, -0.15) is 0 Å². The molecule has 25 heavy (non-hydrogen) atoms. The normalized spacial score (nSPS) is 10.6. The molecule has 5 nitrogen and oxygen atoms in total. The van der Waals surface area contributed by atoms with Gasteiger partial charge in [0.1, 0.15) is 0 Å². The molecule has 0 fully saturated rings. The third kappa shape index (κ3) is 6.21. The van der Waals surface area contributed by atoms with E-state index >= 15 is 0 Å². The number of carbonyl (C=O) groups is 2. The van der Waals surface area contributed by atoms with Crippen molar-refractivity contribution in [2.45, 2.75) is 0 Å². The zero-order chi connectivity index (χ0) is 18.4. The van der Waals surface area contributed by atoms with Crippen molar-refractivity contribution in [3.63, 3.8) is 0 Å². The number of rotatable bonds is 6. The van der Waals surface area contributed by atoms with Crippen LogP contribution < -0.4 is 10.6 Å². The van der Waals surface area contributed by atoms with Crippen molar-refractivity contribution < 1.29 is 9.59 Å². The maximum atomic E-state index is 12.1. The number of hydrogen-bond donors (Lipinski definition) is 2. The van der Waals surface area contributed by atoms with E-state index in [0.717, 1.165) is 0 Å². The van der Waals surface area contributed by atoms with Crippen LogP contribution in [0.25, 0.3) is 0 Å². The van der Waals surface area contributed by atoms with E-state index in [0.29, 0.717) is 21.4 Å². The topological polar surface area (TPSA) is 61.4 Å². The second kappa shape index (κ2) is 9.06. The summed E-state index contributed by atoms with van der Waals surface area (Å²) >= 11 is 17.8. The SMILES string of the molecule is CN(CC(=O)Nc1cccc(Cl)c1)CC(=O)Nc1cccc(Cl)c1Cl. The molecule has 0 aliphatic heterocycles. The Morgan fingerprint density at radius 1 is 0.960 bits per heavy atom. The van der Waals surface area contributed by atoms with Crippen LogP contribution in [0, 0.1) is 0 Å². The van der Waals surface area contributed by atoms with E-state index in [1.165, 1.54) is 0 Å². The van der Waals surface area contributed by atoms with Crippen molar-refractivity contribution in [2.24, 2.45) is 0 Å². The van der Waals surface area contributed by atoms with Gasteiger partial charge in [-0.25, -0.2) is 0 Å². The van der Waals surface area contributed by atoms with Crippen LogP contribution in [0.5, 0.6) is 0 Å². The van der Waals surface area contributed by atoms with Gasteiger partial charge in [0, 0.05) is 10.7 Å². The van der Waals surface area contributed by atoms with E-state index in [1.54, 1.807) is 54.4 Å². The van der Waals surface area contributed by atoms with Crippen molar-refractivity contribution in [1.29, 1.82) is 0 Å². The molecule has 0 aliphatic carbocycles. The first-order chi connectivity index (χ1) is 11.8. The largest absolute Gasteiger partial charge is 0.325 e. The standard InChI is InChI=1S/C17H16Cl3N3O2/c1-23(9-15(24)21-12-5-2-4-11(18)8-12)10-16(25)22-14-7-3-6-13(19)17(14)20/h2-8H,9-10H2,1H3,(H,21,24)(H,22,25). The lowest BCUT2D eigenvalue weighted by molar-refractivity contribution is -0.119. The van der Waals surface area contributed by atoms with Crippen molar-refractivity contribution in [3.8, 4) is 0 Å². The average Bonchev–Trinajstić information content (AvgIpc) is 2.51. The van der Waals surface area contributed by atoms with Crippen LogP contribution in [0.2, 0.25) is 15.1 Å². The number of nitrogens with one attached hydrogen (secondary N) is 2. The number of hydrogen-bond acceptors (Lipinski definition) is 3. The minimum absolute atomic E-state index is 0.0197. The van der Waals surface area contributed by atoms with Gasteiger partial charge >= 0.3 is 0 Å². The number of halogens is 3. The third-order valence-electron chi connectivity index (χ3n) is 3.16. The molecule has 0 atom stereocenters. The van der Waals surface area contributed by atoms with Gasteiger partial charge < -0.3 is 10.6 Å². The molecule has 2 amide bonds. The highest BCUT2D eigenvalue weighted by molar-refractivity contribution is 6.44. The average molecular weight is 401 g/mol. The minimum atomic E-state index is -0.303. The minimum Gasteiger partial charge on any atom is -0.325 e. The molecule has 2 aromatic carbocycles. The molecule has 2 aromatic rings. The Labute approximate surface area is 160 Å². The Morgan fingerprint density at radius 2 is 1.60 bits per heavy atom. The highest BCUT2D eigenvalue weighted by atomic mass is 35.5. The number of likely N-dealkylation sites (N-methyl/N-ethyl adjacent to an activating group) is 1. The molecule has 0 bridgehead atoms. The van der Waals surface area contributed by atoms with Gasteiger partial charge in [-0.15, -0.1) is 0 Å². The van der Waals surface area contributed by atoms with Crippen molar-refractivity contribution >= 4 is 58.0 Å². The smallest absolute Gasteiger partial charge is 0.238 e. The van der Waals surface area contributed by atoms with E-state index in [9.17, 15) is 9.59 Å². The highest BCUT2D eigenvalue weighted by Gasteiger charge is 2.13. The maximum Gasteiger partial charge on any atom is 0.238 e. The molecule has 0 unspecified atom stereocenters. The Morgan fingerprint density at radius 3 is 2.28 bits per heavy atom. The first-order valence-electron chi connectivity index (χ1n) is 7.33. The second-order valence-corrected chi connectivity index (χ2v) is 6.60. The van der Waals surface area contributed by atoms with Crippen LogP contribution >= 0.6 is 34.8 Å². The number of amides is 2. The van der Waals surface area contributed by atoms with Gasteiger partial charge in [0.05, 0.1) is 28.8 Å². The Balaban J connectivity index is 1.84. The summed E-state index contributed by atoms with van der Waals surface area (Å²) in [5, 5.41) is 6.55. The number of anilines is 2. The molecule has 0 spiro atoms. The summed E-state index contributed by atoms with van der Waals surface area (Å²) < 4.78 is 0. The summed E-state index contributed by atoms with van der Waals surface area (Å²) in [7, 11) is 1.66. The van der Waals surface area contributed by atoms with E-state index < -0.39 is 0 Å². The van der Waals surface area contributed by atoms with Crippen LogP contribution in [-0.2, 0) is 9.59 Å². The molecule has 0 aliphatic rings. The highest BCUT2D eigenvalue weighted by Crippen LogP contribution is 2.29. The monoisotopic (exact) mass is 399 g/mol. The van der Waals surface area contributed by atoms with Crippen molar-refractivity contribution in [3.05, 3.63) is 57.5 Å². The third-order valence-corrected chi connectivity index (χ3v) is 4.22. The lowest BCUT2D eigenvalue weighted by atomic mass is 10.3. The zero-order valence-electron chi connectivity index (χ0n) is 13.4. The maximum absolute atomic E-state index is 12.1. The van der Waals surface area contributed by atoms with E-state index in [-0.39, 0.29) is 29.9 Å². The fourth-order valence-electron chi connectivity index (χ4n) is 2.10. The summed E-state index contributed by atoms with van der Waals surface area (Å²) in [4.78, 5) is 25.7. The summed E-state index contributed by atoms with van der Waals surface area (Å²) in [6.07, 6.45) is 0. The van der Waals surface area contributed by atoms with Crippen LogP contribution in [0.3, 0.4) is 0 Å². The second-order valence-electron chi connectivity index (χ2n) is 5.38. The molecule has 2 N–H and O–H groups in total. The van der Waals surface area contributed by atoms with E-state index in [2.05, 4.69) is 10.6 Å². The summed E-state index contributed by atoms with van der Waals surface area (Å²) in [6, 6.07) is 11.8. The molecule has 2 rings (SSSR count). The quantitative estimate of drug-likeness (QED) is 0.765. The van der Waals surface area contributed by atoms with Crippen molar-refractivity contribution in [1.82, 2.24) is 4.90 Å². The van der Waals surface area contributed by atoms with Crippen LogP contribution in [0.15, 0.2) is 42.5 Å². The van der Waals surface area contributed by atoms with Gasteiger partial charge in [0.2, 0.25) is 11.8 Å². The lowest BCUT2D eigenvalue weighted by Gasteiger charge is -2.16. The summed E-state index contributed by atoms with van der Waals surface area (Å²) in [5.74, 6) is -0.555. The molecule has 0 saturated heterocycles. The molecule has 132 valence electrons. The van der Waals surface area contributed by atoms with Crippen LogP contribution in [0.4, 0.5) is 11.4 Å². The molecular weight excluding hydrogens is 385 g/mol. The molecule has 0 saturated carbocycles. The lowest BCUT2D eigenvalue weighted by Crippen LogP contribution is -2.36. The Kier molecular flexibility index (Phi) is 7.08. The fraction of sp³-hybridized carbons (Fsp3) is 0.176. The van der Waals surface area contributed by atoms with Crippen molar-refractivity contribution in [2.75, 3.05) is 30.8 Å². The van der Waals surface area contributed by atoms with Gasteiger partial charge in [0.15, 0.2) is 0 Å². The molecule has 0 heterocycles. The van der Waals surface area contributed by atoms with E-state index in [4.69, 9.17) is 34.8 Å². The molecular formula is C17H16Cl3N3O2. The van der Waals surface area contributed by atoms with Gasteiger partial charge in [-0.1, -0.05) is 46.9 Å². The molecule has 8 heteroatoms. The Hall–Kier alpha value is -1.79. The number of carbonyl (C=O) groups excluding carboxylic acids is 2. The number of benzene rings is 2. The summed E-state index contributed by atoms with van der Waals surface area (Å²) in [5.41, 5.74) is 1.03. The molecule has 0 radical (unpaired) electrons. The van der Waals surface area contributed by atoms with E-state index in [1.807, 2.05) is 0 Å². The van der Waals surface area contributed by atoms with Gasteiger partial charge in [-0.3, -0.25) is 14.5 Å². The zero-order valence-corrected chi connectivity index (χ0v) is 15.6. The Bertz CT molecular complexity index is 783. The van der Waals surface area contributed by atoms with Gasteiger partial charge in [-0.05, 0) is 37.4 Å². The first kappa shape index (κ1) is 19.5. The number of nitrogens with zero attached hydrogens (tertiary/aromatic N) is 1. The van der Waals surface area contributed by atoms with Crippen LogP contribution in [0.1, 0.15) is 0 Å². The predicted molar refractivity (Wildman–Crippen MR) is 103 cm³/mol. The van der Waals surface area contributed by atoms with Gasteiger partial charge in [0.25, 0.3) is 0 Å². The first-order valence-corrected chi connectivity index (χ1v) is 8.46. The fourth-order valence-corrected chi connectivity index (χ4v) is 2.64.